The number of fused-ring (bicyclic) bond motifs is 1. The fraction of sp³-hybridized carbons (Fsp3) is 0.600. The Balaban J connectivity index is 1.88. The Bertz CT molecular complexity index is 351. The average molecular weight is 233 g/mol. The van der Waals surface area contributed by atoms with Crippen LogP contribution < -0.4 is 5.73 Å². The molecule has 0 heterocycles. The van der Waals surface area contributed by atoms with Crippen molar-refractivity contribution in [2.45, 2.75) is 38.6 Å². The van der Waals surface area contributed by atoms with Gasteiger partial charge in [0, 0.05) is 12.6 Å². The molecule has 0 amide bonds. The van der Waals surface area contributed by atoms with E-state index in [1.165, 1.54) is 24.0 Å². The second kappa shape index (κ2) is 6.18. The lowest BCUT2D eigenvalue weighted by Gasteiger charge is -2.29. The summed E-state index contributed by atoms with van der Waals surface area (Å²) in [7, 11) is 0. The average Bonchev–Trinajstić information content (AvgIpc) is 2.38. The van der Waals surface area contributed by atoms with Gasteiger partial charge in [-0.3, -0.25) is 0 Å². The summed E-state index contributed by atoms with van der Waals surface area (Å²) in [5.74, 6) is 0.585. The Morgan fingerprint density at radius 1 is 1.35 bits per heavy atom. The van der Waals surface area contributed by atoms with Crippen LogP contribution in [0.2, 0.25) is 0 Å². The first-order chi connectivity index (χ1) is 8.31. The van der Waals surface area contributed by atoms with Crippen molar-refractivity contribution in [1.29, 1.82) is 0 Å². The van der Waals surface area contributed by atoms with Crippen molar-refractivity contribution < 1.29 is 4.74 Å². The third kappa shape index (κ3) is 3.30. The molecule has 0 saturated heterocycles. The number of ether oxygens (including phenoxy) is 1. The van der Waals surface area contributed by atoms with Crippen molar-refractivity contribution in [3.8, 4) is 0 Å². The standard InChI is InChI=1S/C15H23NO/c1-2-9-17-11-15(16)14-8-7-12-5-3-4-6-13(12)10-14/h3-6,14-15H,2,7-11,16H2,1H3. The lowest BCUT2D eigenvalue weighted by molar-refractivity contribution is 0.103. The molecule has 0 aliphatic heterocycles. The van der Waals surface area contributed by atoms with Gasteiger partial charge in [-0.1, -0.05) is 31.2 Å². The molecule has 1 aromatic carbocycles. The van der Waals surface area contributed by atoms with Crippen molar-refractivity contribution in [2.75, 3.05) is 13.2 Å². The molecule has 0 fully saturated rings. The monoisotopic (exact) mass is 233 g/mol. The summed E-state index contributed by atoms with van der Waals surface area (Å²) in [5, 5.41) is 0. The van der Waals surface area contributed by atoms with Gasteiger partial charge in [0.2, 0.25) is 0 Å². The van der Waals surface area contributed by atoms with E-state index in [9.17, 15) is 0 Å². The SMILES string of the molecule is CCCOCC(N)C1CCc2ccccc2C1. The molecule has 0 radical (unpaired) electrons. The van der Waals surface area contributed by atoms with Crippen LogP contribution in [0.4, 0.5) is 0 Å². The van der Waals surface area contributed by atoms with Crippen LogP contribution in [0.25, 0.3) is 0 Å². The van der Waals surface area contributed by atoms with Crippen molar-refractivity contribution in [2.24, 2.45) is 11.7 Å². The minimum atomic E-state index is 0.190. The second-order valence-corrected chi connectivity index (χ2v) is 5.01. The summed E-state index contributed by atoms with van der Waals surface area (Å²) >= 11 is 0. The van der Waals surface area contributed by atoms with Crippen LogP contribution in [0.1, 0.15) is 30.9 Å². The maximum Gasteiger partial charge on any atom is 0.0620 e. The predicted octanol–water partition coefficient (Wildman–Crippen LogP) is 2.55. The van der Waals surface area contributed by atoms with E-state index in [0.717, 1.165) is 19.4 Å². The van der Waals surface area contributed by atoms with Gasteiger partial charge < -0.3 is 10.5 Å². The van der Waals surface area contributed by atoms with Crippen molar-refractivity contribution >= 4 is 0 Å². The van der Waals surface area contributed by atoms with Crippen LogP contribution in [0, 0.1) is 5.92 Å². The van der Waals surface area contributed by atoms with Crippen molar-refractivity contribution in [1.82, 2.24) is 0 Å². The van der Waals surface area contributed by atoms with Gasteiger partial charge in [0.15, 0.2) is 0 Å². The van der Waals surface area contributed by atoms with E-state index in [4.69, 9.17) is 10.5 Å². The maximum absolute atomic E-state index is 6.22. The molecule has 1 aliphatic rings. The third-order valence-corrected chi connectivity index (χ3v) is 3.65. The predicted molar refractivity (Wildman–Crippen MR) is 71.0 cm³/mol. The molecular formula is C15H23NO. The molecule has 17 heavy (non-hydrogen) atoms. The largest absolute Gasteiger partial charge is 0.380 e. The first-order valence-electron chi connectivity index (χ1n) is 6.71. The van der Waals surface area contributed by atoms with E-state index in [1.807, 2.05) is 0 Å². The highest BCUT2D eigenvalue weighted by atomic mass is 16.5. The van der Waals surface area contributed by atoms with E-state index in [2.05, 4.69) is 31.2 Å². The Kier molecular flexibility index (Phi) is 4.57. The second-order valence-electron chi connectivity index (χ2n) is 5.01. The number of benzene rings is 1. The Morgan fingerprint density at radius 3 is 2.88 bits per heavy atom. The van der Waals surface area contributed by atoms with Gasteiger partial charge in [0.25, 0.3) is 0 Å². The zero-order valence-electron chi connectivity index (χ0n) is 10.7. The molecule has 2 unspecified atom stereocenters. The Labute approximate surface area is 104 Å². The molecule has 2 heteroatoms. The molecular weight excluding hydrogens is 210 g/mol. The van der Waals surface area contributed by atoms with Gasteiger partial charge in [-0.15, -0.1) is 0 Å². The molecule has 1 aromatic rings. The first kappa shape index (κ1) is 12.6. The van der Waals surface area contributed by atoms with Gasteiger partial charge >= 0.3 is 0 Å². The number of aryl methyl sites for hydroxylation is 1. The normalized spacial score (nSPS) is 20.9. The van der Waals surface area contributed by atoms with E-state index < -0.39 is 0 Å². The number of nitrogens with two attached hydrogens (primary N) is 1. The van der Waals surface area contributed by atoms with E-state index in [1.54, 1.807) is 0 Å². The van der Waals surface area contributed by atoms with Crippen LogP contribution in [0.3, 0.4) is 0 Å². The van der Waals surface area contributed by atoms with Crippen LogP contribution in [0.5, 0.6) is 0 Å². The molecule has 0 aromatic heterocycles. The molecule has 1 aliphatic carbocycles. The smallest absolute Gasteiger partial charge is 0.0620 e. The Hall–Kier alpha value is -0.860. The lowest BCUT2D eigenvalue weighted by Crippen LogP contribution is -2.38. The van der Waals surface area contributed by atoms with Gasteiger partial charge in [-0.2, -0.15) is 0 Å². The fourth-order valence-electron chi connectivity index (χ4n) is 2.59. The van der Waals surface area contributed by atoms with E-state index >= 15 is 0 Å². The highest BCUT2D eigenvalue weighted by molar-refractivity contribution is 5.29. The van der Waals surface area contributed by atoms with Crippen LogP contribution >= 0.6 is 0 Å². The van der Waals surface area contributed by atoms with Crippen LogP contribution in [-0.4, -0.2) is 19.3 Å². The highest BCUT2D eigenvalue weighted by Gasteiger charge is 2.23. The van der Waals surface area contributed by atoms with Gasteiger partial charge in [0.05, 0.1) is 6.61 Å². The Morgan fingerprint density at radius 2 is 2.12 bits per heavy atom. The van der Waals surface area contributed by atoms with E-state index in [-0.39, 0.29) is 6.04 Å². The quantitative estimate of drug-likeness (QED) is 0.793. The van der Waals surface area contributed by atoms with Gasteiger partial charge in [-0.05, 0) is 42.7 Å². The van der Waals surface area contributed by atoms with Gasteiger partial charge in [-0.25, -0.2) is 0 Å². The lowest BCUT2D eigenvalue weighted by atomic mass is 9.80. The maximum atomic E-state index is 6.22. The molecule has 2 N–H and O–H groups in total. The topological polar surface area (TPSA) is 35.2 Å². The molecule has 0 spiro atoms. The minimum absolute atomic E-state index is 0.190. The molecule has 94 valence electrons. The summed E-state index contributed by atoms with van der Waals surface area (Å²) < 4.78 is 5.56. The molecule has 0 bridgehead atoms. The molecule has 2 rings (SSSR count). The van der Waals surface area contributed by atoms with E-state index in [0.29, 0.717) is 12.5 Å². The number of rotatable bonds is 5. The molecule has 0 saturated carbocycles. The summed E-state index contributed by atoms with van der Waals surface area (Å²) in [6.45, 7) is 3.67. The third-order valence-electron chi connectivity index (χ3n) is 3.65. The van der Waals surface area contributed by atoms with Gasteiger partial charge in [0.1, 0.15) is 0 Å². The molecule has 2 atom stereocenters. The number of hydrogen-bond donors (Lipinski definition) is 1. The zero-order chi connectivity index (χ0) is 12.1. The van der Waals surface area contributed by atoms with Crippen molar-refractivity contribution in [3.63, 3.8) is 0 Å². The highest BCUT2D eigenvalue weighted by Crippen LogP contribution is 2.26. The minimum Gasteiger partial charge on any atom is -0.380 e. The van der Waals surface area contributed by atoms with Crippen LogP contribution in [0.15, 0.2) is 24.3 Å². The van der Waals surface area contributed by atoms with Crippen molar-refractivity contribution in [3.05, 3.63) is 35.4 Å². The summed E-state index contributed by atoms with van der Waals surface area (Å²) in [4.78, 5) is 0. The first-order valence-corrected chi connectivity index (χ1v) is 6.71. The van der Waals surface area contributed by atoms with Crippen LogP contribution in [-0.2, 0) is 17.6 Å². The summed E-state index contributed by atoms with van der Waals surface area (Å²) in [6, 6.07) is 8.92. The zero-order valence-corrected chi connectivity index (χ0v) is 10.7. The molecule has 2 nitrogen and oxygen atoms in total. The fourth-order valence-corrected chi connectivity index (χ4v) is 2.59. The number of hydrogen-bond acceptors (Lipinski definition) is 2. The summed E-state index contributed by atoms with van der Waals surface area (Å²) in [6.07, 6.45) is 4.56. The summed E-state index contributed by atoms with van der Waals surface area (Å²) in [5.41, 5.74) is 9.21.